The third-order valence-corrected chi connectivity index (χ3v) is 5.64. The van der Waals surface area contributed by atoms with E-state index in [1.807, 2.05) is 12.1 Å². The molecule has 2 nitrogen and oxygen atoms in total. The Morgan fingerprint density at radius 2 is 1.83 bits per heavy atom. The van der Waals surface area contributed by atoms with Crippen LogP contribution in [0, 0.1) is 0 Å². The minimum absolute atomic E-state index is 0.0231. The van der Waals surface area contributed by atoms with Crippen molar-refractivity contribution in [2.45, 2.75) is 31.2 Å². The Morgan fingerprint density at radius 3 is 2.39 bits per heavy atom. The average molecular weight is 413 g/mol. The summed E-state index contributed by atoms with van der Waals surface area (Å²) in [7, 11) is 0. The molecule has 0 spiro atoms. The molecule has 120 valence electrons. The third kappa shape index (κ3) is 3.42. The molecule has 1 fully saturated rings. The Balaban J connectivity index is 1.77. The Kier molecular flexibility index (Phi) is 4.73. The normalized spacial score (nSPS) is 16.7. The maximum atomic E-state index is 12.5. The van der Waals surface area contributed by atoms with Crippen molar-refractivity contribution in [1.29, 1.82) is 0 Å². The number of carbonyl (C=O) groups is 1. The van der Waals surface area contributed by atoms with Gasteiger partial charge in [0.15, 0.2) is 0 Å². The Labute approximate surface area is 154 Å². The highest BCUT2D eigenvalue weighted by molar-refractivity contribution is 9.10. The highest BCUT2D eigenvalue weighted by Gasteiger charge is 2.49. The van der Waals surface area contributed by atoms with Gasteiger partial charge in [-0.2, -0.15) is 0 Å². The Hall–Kier alpha value is -1.03. The molecule has 2 aromatic rings. The summed E-state index contributed by atoms with van der Waals surface area (Å²) in [5.41, 5.74) is 1.74. The number of rotatable bonds is 4. The summed E-state index contributed by atoms with van der Waals surface area (Å²) in [6.45, 7) is 2.05. The highest BCUT2D eigenvalue weighted by atomic mass is 79.9. The lowest BCUT2D eigenvalue weighted by atomic mass is 9.89. The fraction of sp³-hybridized carbons (Fsp3) is 0.278. The average Bonchev–Trinajstić information content (AvgIpc) is 3.29. The van der Waals surface area contributed by atoms with Crippen LogP contribution < -0.4 is 5.32 Å². The van der Waals surface area contributed by atoms with Gasteiger partial charge in [-0.05, 0) is 55.7 Å². The maximum absolute atomic E-state index is 12.5. The zero-order chi connectivity index (χ0) is 16.6. The van der Waals surface area contributed by atoms with Gasteiger partial charge in [-0.15, -0.1) is 0 Å². The zero-order valence-corrected chi connectivity index (χ0v) is 15.7. The van der Waals surface area contributed by atoms with E-state index in [2.05, 4.69) is 40.3 Å². The molecule has 1 aliphatic carbocycles. The first-order valence-corrected chi connectivity index (χ1v) is 8.99. The number of nitrogens with one attached hydrogen (secondary N) is 1. The highest BCUT2D eigenvalue weighted by Crippen LogP contribution is 2.51. The van der Waals surface area contributed by atoms with Crippen LogP contribution in [0.3, 0.4) is 0 Å². The number of benzene rings is 2. The van der Waals surface area contributed by atoms with E-state index in [-0.39, 0.29) is 17.4 Å². The van der Waals surface area contributed by atoms with Gasteiger partial charge in [0, 0.05) is 21.0 Å². The second kappa shape index (κ2) is 6.46. The van der Waals surface area contributed by atoms with Crippen molar-refractivity contribution in [3.05, 3.63) is 68.1 Å². The van der Waals surface area contributed by atoms with Gasteiger partial charge in [0.05, 0.1) is 10.6 Å². The van der Waals surface area contributed by atoms with E-state index in [1.165, 1.54) is 5.56 Å². The molecule has 0 saturated heterocycles. The SMILES string of the molecule is CC(NC(=O)c1ccc(Cl)cc1Cl)C1(c2ccc(Br)cc2)CC1. The van der Waals surface area contributed by atoms with E-state index in [0.29, 0.717) is 15.6 Å². The minimum atomic E-state index is -0.164. The standard InChI is InChI=1S/C18H16BrCl2NO/c1-11(18(8-9-18)12-2-4-13(19)5-3-12)22-17(23)15-7-6-14(20)10-16(15)21/h2-7,10-11H,8-9H2,1H3,(H,22,23). The van der Waals surface area contributed by atoms with Crippen molar-refractivity contribution in [3.8, 4) is 0 Å². The predicted molar refractivity (Wildman–Crippen MR) is 98.4 cm³/mol. The molecule has 1 aliphatic rings. The lowest BCUT2D eigenvalue weighted by Gasteiger charge is -2.25. The molecule has 1 saturated carbocycles. The van der Waals surface area contributed by atoms with Crippen molar-refractivity contribution in [2.75, 3.05) is 0 Å². The predicted octanol–water partition coefficient (Wildman–Crippen LogP) is 5.61. The maximum Gasteiger partial charge on any atom is 0.253 e. The number of hydrogen-bond donors (Lipinski definition) is 1. The summed E-state index contributed by atoms with van der Waals surface area (Å²) < 4.78 is 1.06. The van der Waals surface area contributed by atoms with E-state index in [9.17, 15) is 4.79 Å². The van der Waals surface area contributed by atoms with Crippen LogP contribution in [0.1, 0.15) is 35.7 Å². The van der Waals surface area contributed by atoms with Gasteiger partial charge in [0.25, 0.3) is 5.91 Å². The second-order valence-corrected chi connectivity index (χ2v) is 7.74. The molecule has 2 aromatic carbocycles. The molecule has 1 amide bonds. The van der Waals surface area contributed by atoms with Crippen LogP contribution in [0.15, 0.2) is 46.9 Å². The molecule has 1 atom stereocenters. The smallest absolute Gasteiger partial charge is 0.253 e. The summed E-state index contributed by atoms with van der Waals surface area (Å²) >= 11 is 15.5. The van der Waals surface area contributed by atoms with Crippen LogP contribution in [-0.2, 0) is 5.41 Å². The molecule has 1 unspecified atom stereocenters. The van der Waals surface area contributed by atoms with Crippen molar-refractivity contribution in [3.63, 3.8) is 0 Å². The summed E-state index contributed by atoms with van der Waals surface area (Å²) in [5, 5.41) is 3.99. The molecule has 5 heteroatoms. The van der Waals surface area contributed by atoms with Gasteiger partial charge < -0.3 is 5.32 Å². The molecule has 1 N–H and O–H groups in total. The third-order valence-electron chi connectivity index (χ3n) is 4.56. The van der Waals surface area contributed by atoms with Gasteiger partial charge in [-0.1, -0.05) is 51.3 Å². The summed E-state index contributed by atoms with van der Waals surface area (Å²) in [4.78, 5) is 12.5. The fourth-order valence-electron chi connectivity index (χ4n) is 2.97. The quantitative estimate of drug-likeness (QED) is 0.694. The van der Waals surface area contributed by atoms with Crippen molar-refractivity contribution in [1.82, 2.24) is 5.32 Å². The summed E-state index contributed by atoms with van der Waals surface area (Å²) in [5.74, 6) is -0.164. The van der Waals surface area contributed by atoms with Gasteiger partial charge in [-0.25, -0.2) is 0 Å². The van der Waals surface area contributed by atoms with E-state index >= 15 is 0 Å². The molecule has 0 radical (unpaired) electrons. The molecule has 0 bridgehead atoms. The Morgan fingerprint density at radius 1 is 1.17 bits per heavy atom. The van der Waals surface area contributed by atoms with E-state index in [4.69, 9.17) is 23.2 Å². The van der Waals surface area contributed by atoms with Crippen LogP contribution in [0.4, 0.5) is 0 Å². The van der Waals surface area contributed by atoms with E-state index in [1.54, 1.807) is 18.2 Å². The molecule has 3 rings (SSSR count). The van der Waals surface area contributed by atoms with Crippen molar-refractivity contribution >= 4 is 45.0 Å². The van der Waals surface area contributed by atoms with Gasteiger partial charge in [0.1, 0.15) is 0 Å². The van der Waals surface area contributed by atoms with Crippen molar-refractivity contribution < 1.29 is 4.79 Å². The zero-order valence-electron chi connectivity index (χ0n) is 12.6. The lowest BCUT2D eigenvalue weighted by molar-refractivity contribution is 0.0932. The van der Waals surface area contributed by atoms with Crippen molar-refractivity contribution in [2.24, 2.45) is 0 Å². The molecule has 0 heterocycles. The second-order valence-electron chi connectivity index (χ2n) is 5.98. The Bertz CT molecular complexity index is 741. The summed E-state index contributed by atoms with van der Waals surface area (Å²) in [6, 6.07) is 13.3. The summed E-state index contributed by atoms with van der Waals surface area (Å²) in [6.07, 6.45) is 2.15. The molecular weight excluding hydrogens is 397 g/mol. The number of carbonyl (C=O) groups excluding carboxylic acids is 1. The van der Waals surface area contributed by atoms with Crippen LogP contribution in [0.25, 0.3) is 0 Å². The number of hydrogen-bond acceptors (Lipinski definition) is 1. The monoisotopic (exact) mass is 411 g/mol. The first kappa shape index (κ1) is 16.8. The molecular formula is C18H16BrCl2NO. The van der Waals surface area contributed by atoms with Crippen LogP contribution in [0.5, 0.6) is 0 Å². The minimum Gasteiger partial charge on any atom is -0.349 e. The first-order valence-electron chi connectivity index (χ1n) is 7.44. The van der Waals surface area contributed by atoms with Gasteiger partial charge >= 0.3 is 0 Å². The van der Waals surface area contributed by atoms with Crippen LogP contribution >= 0.6 is 39.1 Å². The molecule has 0 aromatic heterocycles. The number of amides is 1. The molecule has 0 aliphatic heterocycles. The number of halogens is 3. The van der Waals surface area contributed by atoms with Crippen LogP contribution in [0.2, 0.25) is 10.0 Å². The fourth-order valence-corrected chi connectivity index (χ4v) is 3.73. The topological polar surface area (TPSA) is 29.1 Å². The van der Waals surface area contributed by atoms with E-state index in [0.717, 1.165) is 17.3 Å². The van der Waals surface area contributed by atoms with Crippen LogP contribution in [-0.4, -0.2) is 11.9 Å². The molecule has 23 heavy (non-hydrogen) atoms. The largest absolute Gasteiger partial charge is 0.349 e. The van der Waals surface area contributed by atoms with Gasteiger partial charge in [0.2, 0.25) is 0 Å². The van der Waals surface area contributed by atoms with Gasteiger partial charge in [-0.3, -0.25) is 4.79 Å². The first-order chi connectivity index (χ1) is 10.9. The lowest BCUT2D eigenvalue weighted by Crippen LogP contribution is -2.41. The van der Waals surface area contributed by atoms with E-state index < -0.39 is 0 Å².